The van der Waals surface area contributed by atoms with Gasteiger partial charge in [-0.15, -0.1) is 0 Å². The van der Waals surface area contributed by atoms with Gasteiger partial charge in [-0.1, -0.05) is 19.3 Å². The van der Waals surface area contributed by atoms with Crippen molar-refractivity contribution in [3.63, 3.8) is 0 Å². The number of rotatable bonds is 4. The summed E-state index contributed by atoms with van der Waals surface area (Å²) in [6.45, 7) is 1.74. The first-order chi connectivity index (χ1) is 12.1. The quantitative estimate of drug-likeness (QED) is 0.858. The maximum Gasteiger partial charge on any atom is 0.267 e. The van der Waals surface area contributed by atoms with E-state index >= 15 is 0 Å². The standard InChI is InChI=1S/C19H24N4O2/c1-14(19(25)22(2)16-8-4-3-5-9-16)23-18(24)11-10-17(21-23)15-7-6-12-20-13-15/h6-7,10-14,16H,3-5,8-9H2,1-2H3. The lowest BCUT2D eigenvalue weighted by molar-refractivity contribution is -0.136. The molecule has 2 aromatic heterocycles. The van der Waals surface area contributed by atoms with Crippen LogP contribution in [0.2, 0.25) is 0 Å². The van der Waals surface area contributed by atoms with Crippen molar-refractivity contribution in [1.29, 1.82) is 0 Å². The normalized spacial score (nSPS) is 16.4. The predicted octanol–water partition coefficient (Wildman–Crippen LogP) is 2.66. The molecule has 132 valence electrons. The smallest absolute Gasteiger partial charge is 0.267 e. The molecule has 0 aliphatic heterocycles. The number of carbonyl (C=O) groups is 1. The van der Waals surface area contributed by atoms with Crippen LogP contribution in [-0.2, 0) is 4.79 Å². The van der Waals surface area contributed by atoms with Gasteiger partial charge in [0.1, 0.15) is 6.04 Å². The summed E-state index contributed by atoms with van der Waals surface area (Å²) < 4.78 is 1.28. The third-order valence-corrected chi connectivity index (χ3v) is 4.98. The second kappa shape index (κ2) is 7.59. The van der Waals surface area contributed by atoms with E-state index < -0.39 is 6.04 Å². The number of carbonyl (C=O) groups excluding carboxylic acids is 1. The minimum absolute atomic E-state index is 0.0650. The molecule has 0 spiro atoms. The molecule has 2 heterocycles. The first-order valence-electron chi connectivity index (χ1n) is 8.85. The summed E-state index contributed by atoms with van der Waals surface area (Å²) in [7, 11) is 1.84. The van der Waals surface area contributed by atoms with Crippen LogP contribution in [0.3, 0.4) is 0 Å². The van der Waals surface area contributed by atoms with Gasteiger partial charge in [0.05, 0.1) is 5.69 Å². The molecule has 0 N–H and O–H groups in total. The molecule has 25 heavy (non-hydrogen) atoms. The highest BCUT2D eigenvalue weighted by Gasteiger charge is 2.27. The Morgan fingerprint density at radius 1 is 1.24 bits per heavy atom. The highest BCUT2D eigenvalue weighted by molar-refractivity contribution is 5.80. The fourth-order valence-corrected chi connectivity index (χ4v) is 3.42. The van der Waals surface area contributed by atoms with Gasteiger partial charge in [0.2, 0.25) is 5.91 Å². The van der Waals surface area contributed by atoms with Crippen molar-refractivity contribution in [2.24, 2.45) is 0 Å². The Morgan fingerprint density at radius 2 is 2.00 bits per heavy atom. The number of amides is 1. The van der Waals surface area contributed by atoms with Crippen LogP contribution in [0.15, 0.2) is 41.5 Å². The number of likely N-dealkylation sites (N-methyl/N-ethyl adjacent to an activating group) is 1. The van der Waals surface area contributed by atoms with Crippen molar-refractivity contribution < 1.29 is 4.79 Å². The molecule has 1 fully saturated rings. The van der Waals surface area contributed by atoms with E-state index in [1.54, 1.807) is 30.3 Å². The fraction of sp³-hybridized carbons (Fsp3) is 0.474. The van der Waals surface area contributed by atoms with E-state index in [9.17, 15) is 9.59 Å². The molecule has 1 aliphatic rings. The van der Waals surface area contributed by atoms with Crippen LogP contribution >= 0.6 is 0 Å². The Bertz CT molecular complexity index is 782. The van der Waals surface area contributed by atoms with Gasteiger partial charge in [-0.05, 0) is 38.0 Å². The second-order valence-corrected chi connectivity index (χ2v) is 6.66. The van der Waals surface area contributed by atoms with Crippen molar-refractivity contribution in [3.05, 3.63) is 47.0 Å². The van der Waals surface area contributed by atoms with Crippen molar-refractivity contribution in [3.8, 4) is 11.3 Å². The van der Waals surface area contributed by atoms with Crippen LogP contribution in [0.1, 0.15) is 45.1 Å². The molecule has 6 heteroatoms. The van der Waals surface area contributed by atoms with Gasteiger partial charge in [-0.25, -0.2) is 4.68 Å². The second-order valence-electron chi connectivity index (χ2n) is 6.66. The molecule has 1 amide bonds. The minimum Gasteiger partial charge on any atom is -0.341 e. The molecule has 1 saturated carbocycles. The Kier molecular flexibility index (Phi) is 5.26. The van der Waals surface area contributed by atoms with Gasteiger partial charge in [-0.3, -0.25) is 14.6 Å². The third-order valence-electron chi connectivity index (χ3n) is 4.98. The number of hydrogen-bond acceptors (Lipinski definition) is 4. The Balaban J connectivity index is 1.84. The molecule has 0 radical (unpaired) electrons. The molecule has 0 aromatic carbocycles. The molecule has 1 unspecified atom stereocenters. The zero-order valence-corrected chi connectivity index (χ0v) is 14.8. The van der Waals surface area contributed by atoms with E-state index in [0.29, 0.717) is 5.69 Å². The van der Waals surface area contributed by atoms with E-state index in [-0.39, 0.29) is 17.5 Å². The number of pyridine rings is 1. The van der Waals surface area contributed by atoms with Crippen LogP contribution in [-0.4, -0.2) is 38.7 Å². The molecule has 6 nitrogen and oxygen atoms in total. The van der Waals surface area contributed by atoms with Gasteiger partial charge < -0.3 is 4.90 Å². The minimum atomic E-state index is -0.629. The average molecular weight is 340 g/mol. The molecule has 0 bridgehead atoms. The van der Waals surface area contributed by atoms with Crippen LogP contribution in [0.4, 0.5) is 0 Å². The molecule has 2 aromatic rings. The lowest BCUT2D eigenvalue weighted by Crippen LogP contribution is -2.43. The highest BCUT2D eigenvalue weighted by Crippen LogP contribution is 2.23. The van der Waals surface area contributed by atoms with Crippen molar-refractivity contribution in [2.75, 3.05) is 7.05 Å². The lowest BCUT2D eigenvalue weighted by Gasteiger charge is -2.33. The maximum absolute atomic E-state index is 12.9. The zero-order chi connectivity index (χ0) is 17.8. The van der Waals surface area contributed by atoms with E-state index in [0.717, 1.165) is 31.2 Å². The number of aromatic nitrogens is 3. The van der Waals surface area contributed by atoms with Gasteiger partial charge in [0, 0.05) is 37.1 Å². The molecular formula is C19H24N4O2. The van der Waals surface area contributed by atoms with Crippen molar-refractivity contribution >= 4 is 5.91 Å². The summed E-state index contributed by atoms with van der Waals surface area (Å²) in [6.07, 6.45) is 9.00. The third kappa shape index (κ3) is 3.78. The molecule has 1 atom stereocenters. The van der Waals surface area contributed by atoms with Crippen molar-refractivity contribution in [2.45, 2.75) is 51.1 Å². The average Bonchev–Trinajstić information content (AvgIpc) is 2.68. The van der Waals surface area contributed by atoms with Crippen LogP contribution in [0.5, 0.6) is 0 Å². The lowest BCUT2D eigenvalue weighted by atomic mass is 9.94. The Hall–Kier alpha value is -2.50. The molecule has 0 saturated heterocycles. The molecular weight excluding hydrogens is 316 g/mol. The fourth-order valence-electron chi connectivity index (χ4n) is 3.42. The van der Waals surface area contributed by atoms with Gasteiger partial charge in [0.25, 0.3) is 5.56 Å². The molecule has 1 aliphatic carbocycles. The van der Waals surface area contributed by atoms with E-state index in [1.165, 1.54) is 17.2 Å². The summed E-state index contributed by atoms with van der Waals surface area (Å²) in [5, 5.41) is 4.41. The Morgan fingerprint density at radius 3 is 2.68 bits per heavy atom. The van der Waals surface area contributed by atoms with Gasteiger partial charge >= 0.3 is 0 Å². The van der Waals surface area contributed by atoms with E-state index in [2.05, 4.69) is 10.1 Å². The zero-order valence-electron chi connectivity index (χ0n) is 14.8. The van der Waals surface area contributed by atoms with Gasteiger partial charge in [-0.2, -0.15) is 5.10 Å². The van der Waals surface area contributed by atoms with Crippen LogP contribution in [0, 0.1) is 0 Å². The van der Waals surface area contributed by atoms with Gasteiger partial charge in [0.15, 0.2) is 0 Å². The Labute approximate surface area is 147 Å². The summed E-state index contributed by atoms with van der Waals surface area (Å²) in [6, 6.07) is 6.46. The highest BCUT2D eigenvalue weighted by atomic mass is 16.2. The summed E-state index contributed by atoms with van der Waals surface area (Å²) in [5.74, 6) is -0.0650. The van der Waals surface area contributed by atoms with E-state index in [1.807, 2.05) is 19.2 Å². The topological polar surface area (TPSA) is 68.1 Å². The first kappa shape index (κ1) is 17.3. The van der Waals surface area contributed by atoms with Crippen LogP contribution < -0.4 is 5.56 Å². The molecule has 3 rings (SSSR count). The van der Waals surface area contributed by atoms with Crippen LogP contribution in [0.25, 0.3) is 11.3 Å². The van der Waals surface area contributed by atoms with E-state index in [4.69, 9.17) is 0 Å². The van der Waals surface area contributed by atoms with Crippen molar-refractivity contribution in [1.82, 2.24) is 19.7 Å². The maximum atomic E-state index is 12.9. The largest absolute Gasteiger partial charge is 0.341 e. The first-order valence-corrected chi connectivity index (χ1v) is 8.85. The monoisotopic (exact) mass is 340 g/mol. The summed E-state index contributed by atoms with van der Waals surface area (Å²) in [4.78, 5) is 31.0. The predicted molar refractivity (Wildman–Crippen MR) is 96.1 cm³/mol. The number of hydrogen-bond donors (Lipinski definition) is 0. The number of nitrogens with zero attached hydrogens (tertiary/aromatic N) is 4. The SMILES string of the molecule is CC(C(=O)N(C)C1CCCCC1)n1nc(-c2cccnc2)ccc1=O. The summed E-state index contributed by atoms with van der Waals surface area (Å²) >= 11 is 0. The summed E-state index contributed by atoms with van der Waals surface area (Å²) in [5.41, 5.74) is 1.18.